The quantitative estimate of drug-likeness (QED) is 0.844. The maximum Gasteiger partial charge on any atom is 0.254 e. The van der Waals surface area contributed by atoms with Gasteiger partial charge in [0.25, 0.3) is 5.91 Å². The van der Waals surface area contributed by atoms with Crippen LogP contribution in [0.1, 0.15) is 16.8 Å². The molecule has 5 heteroatoms. The van der Waals surface area contributed by atoms with Crippen LogP contribution in [-0.2, 0) is 0 Å². The average molecular weight is 257 g/mol. The van der Waals surface area contributed by atoms with Gasteiger partial charge in [0, 0.05) is 12.7 Å². The highest BCUT2D eigenvalue weighted by atomic mass is 35.5. The third-order valence-corrected chi connectivity index (χ3v) is 4.11. The summed E-state index contributed by atoms with van der Waals surface area (Å²) < 4.78 is 0. The van der Waals surface area contributed by atoms with Gasteiger partial charge in [-0.15, -0.1) is 0 Å². The molecule has 1 aromatic heterocycles. The molecule has 2 heterocycles. The number of pyridine rings is 1. The summed E-state index contributed by atoms with van der Waals surface area (Å²) >= 11 is 7.78. The topological polar surface area (TPSA) is 42.0 Å². The van der Waals surface area contributed by atoms with Crippen molar-refractivity contribution in [3.63, 3.8) is 0 Å². The third kappa shape index (κ3) is 2.89. The van der Waals surface area contributed by atoms with Crippen molar-refractivity contribution in [2.24, 2.45) is 5.92 Å². The molecule has 1 amide bonds. The van der Waals surface area contributed by atoms with Crippen LogP contribution in [0.2, 0.25) is 5.15 Å². The van der Waals surface area contributed by atoms with E-state index < -0.39 is 0 Å². The Morgan fingerprint density at radius 1 is 1.69 bits per heavy atom. The Morgan fingerprint density at radius 3 is 3.25 bits per heavy atom. The van der Waals surface area contributed by atoms with Gasteiger partial charge in [-0.2, -0.15) is 11.8 Å². The Labute approximate surface area is 104 Å². The lowest BCUT2D eigenvalue weighted by atomic mass is 10.1. The van der Waals surface area contributed by atoms with Crippen molar-refractivity contribution in [2.45, 2.75) is 6.42 Å². The van der Waals surface area contributed by atoms with Gasteiger partial charge < -0.3 is 5.32 Å². The molecule has 1 fully saturated rings. The van der Waals surface area contributed by atoms with Gasteiger partial charge >= 0.3 is 0 Å². The molecule has 86 valence electrons. The molecule has 1 atom stereocenters. The van der Waals surface area contributed by atoms with Crippen molar-refractivity contribution >= 4 is 29.3 Å². The van der Waals surface area contributed by atoms with Crippen LogP contribution in [0.25, 0.3) is 0 Å². The molecule has 0 radical (unpaired) electrons. The van der Waals surface area contributed by atoms with Crippen LogP contribution in [-0.4, -0.2) is 28.9 Å². The highest BCUT2D eigenvalue weighted by Crippen LogP contribution is 2.22. The number of halogens is 1. The van der Waals surface area contributed by atoms with Crippen molar-refractivity contribution in [2.75, 3.05) is 18.1 Å². The van der Waals surface area contributed by atoms with E-state index in [1.54, 1.807) is 18.3 Å². The minimum absolute atomic E-state index is 0.130. The van der Waals surface area contributed by atoms with Crippen LogP contribution in [0.5, 0.6) is 0 Å². The molecule has 2 rings (SSSR count). The standard InChI is InChI=1S/C11H13ClN2OS/c12-10-9(2-1-4-13-10)11(15)14-6-8-3-5-16-7-8/h1-2,4,8H,3,5-7H2,(H,14,15). The van der Waals surface area contributed by atoms with Crippen molar-refractivity contribution in [3.8, 4) is 0 Å². The molecule has 1 aliphatic heterocycles. The molecule has 16 heavy (non-hydrogen) atoms. The molecule has 1 saturated heterocycles. The van der Waals surface area contributed by atoms with Crippen molar-refractivity contribution in [3.05, 3.63) is 29.0 Å². The zero-order valence-electron chi connectivity index (χ0n) is 8.78. The molecular formula is C11H13ClN2OS. The summed E-state index contributed by atoms with van der Waals surface area (Å²) in [5.41, 5.74) is 0.454. The minimum Gasteiger partial charge on any atom is -0.352 e. The number of hydrogen-bond donors (Lipinski definition) is 1. The zero-order valence-corrected chi connectivity index (χ0v) is 10.4. The van der Waals surface area contributed by atoms with Gasteiger partial charge in [0.05, 0.1) is 5.56 Å². The molecule has 1 aromatic rings. The lowest BCUT2D eigenvalue weighted by Gasteiger charge is -2.10. The van der Waals surface area contributed by atoms with Gasteiger partial charge in [-0.1, -0.05) is 11.6 Å². The SMILES string of the molecule is O=C(NCC1CCSC1)c1cccnc1Cl. The number of aromatic nitrogens is 1. The maximum absolute atomic E-state index is 11.8. The maximum atomic E-state index is 11.8. The first kappa shape index (κ1) is 11.7. The first-order chi connectivity index (χ1) is 7.77. The van der Waals surface area contributed by atoms with Gasteiger partial charge in [-0.3, -0.25) is 4.79 Å². The summed E-state index contributed by atoms with van der Waals surface area (Å²) in [5.74, 6) is 2.81. The number of amides is 1. The molecule has 0 aromatic carbocycles. The number of thioether (sulfide) groups is 1. The Kier molecular flexibility index (Phi) is 4.07. The summed E-state index contributed by atoms with van der Waals surface area (Å²) in [6.07, 6.45) is 2.76. The van der Waals surface area contributed by atoms with Crippen molar-refractivity contribution < 1.29 is 4.79 Å². The van der Waals surface area contributed by atoms with Gasteiger partial charge in [-0.25, -0.2) is 4.98 Å². The Bertz CT molecular complexity index is 380. The van der Waals surface area contributed by atoms with E-state index in [0.717, 1.165) is 12.3 Å². The highest BCUT2D eigenvalue weighted by Gasteiger charge is 2.17. The van der Waals surface area contributed by atoms with E-state index in [9.17, 15) is 4.79 Å². The fourth-order valence-electron chi connectivity index (χ4n) is 1.63. The second-order valence-corrected chi connectivity index (χ2v) is 5.29. The third-order valence-electron chi connectivity index (χ3n) is 2.58. The van der Waals surface area contributed by atoms with Crippen LogP contribution >= 0.6 is 23.4 Å². The van der Waals surface area contributed by atoms with Crippen molar-refractivity contribution in [1.82, 2.24) is 10.3 Å². The molecular weight excluding hydrogens is 244 g/mol. The van der Waals surface area contributed by atoms with Crippen LogP contribution in [0.4, 0.5) is 0 Å². The minimum atomic E-state index is -0.130. The molecule has 1 N–H and O–H groups in total. The first-order valence-corrected chi connectivity index (χ1v) is 6.77. The summed E-state index contributed by atoms with van der Waals surface area (Å²) in [5, 5.41) is 3.17. The predicted molar refractivity (Wildman–Crippen MR) is 67.0 cm³/mol. The lowest BCUT2D eigenvalue weighted by Crippen LogP contribution is -2.29. The lowest BCUT2D eigenvalue weighted by molar-refractivity contribution is 0.0948. The Morgan fingerprint density at radius 2 is 2.56 bits per heavy atom. The summed E-state index contributed by atoms with van der Waals surface area (Å²) in [6.45, 7) is 0.733. The van der Waals surface area contributed by atoms with Gasteiger partial charge in [0.15, 0.2) is 0 Å². The Balaban J connectivity index is 1.90. The van der Waals surface area contributed by atoms with E-state index in [2.05, 4.69) is 10.3 Å². The summed E-state index contributed by atoms with van der Waals surface area (Å²) in [4.78, 5) is 15.7. The van der Waals surface area contributed by atoms with Gasteiger partial charge in [0.1, 0.15) is 5.15 Å². The van der Waals surface area contributed by atoms with Gasteiger partial charge in [0.2, 0.25) is 0 Å². The smallest absolute Gasteiger partial charge is 0.254 e. The molecule has 3 nitrogen and oxygen atoms in total. The molecule has 0 bridgehead atoms. The normalized spacial score (nSPS) is 19.7. The number of nitrogens with one attached hydrogen (secondary N) is 1. The number of nitrogens with zero attached hydrogens (tertiary/aromatic N) is 1. The first-order valence-electron chi connectivity index (χ1n) is 5.24. The molecule has 0 saturated carbocycles. The van der Waals surface area contributed by atoms with Crippen LogP contribution < -0.4 is 5.32 Å². The van der Waals surface area contributed by atoms with Crippen LogP contribution in [0, 0.1) is 5.92 Å². The van der Waals surface area contributed by atoms with E-state index in [1.807, 2.05) is 11.8 Å². The summed E-state index contributed by atoms with van der Waals surface area (Å²) in [7, 11) is 0. The van der Waals surface area contributed by atoms with E-state index >= 15 is 0 Å². The average Bonchev–Trinajstić information content (AvgIpc) is 2.79. The second kappa shape index (κ2) is 5.55. The van der Waals surface area contributed by atoms with Crippen molar-refractivity contribution in [1.29, 1.82) is 0 Å². The monoisotopic (exact) mass is 256 g/mol. The molecule has 0 aliphatic carbocycles. The molecule has 1 aliphatic rings. The second-order valence-electron chi connectivity index (χ2n) is 3.78. The molecule has 1 unspecified atom stereocenters. The number of hydrogen-bond acceptors (Lipinski definition) is 3. The Hall–Kier alpha value is -0.740. The number of carbonyl (C=O) groups is 1. The zero-order chi connectivity index (χ0) is 11.4. The van der Waals surface area contributed by atoms with E-state index in [1.165, 1.54) is 12.2 Å². The fourth-order valence-corrected chi connectivity index (χ4v) is 3.12. The number of carbonyl (C=O) groups excluding carboxylic acids is 1. The van der Waals surface area contributed by atoms with Crippen LogP contribution in [0.3, 0.4) is 0 Å². The molecule has 0 spiro atoms. The van der Waals surface area contributed by atoms with Gasteiger partial charge in [-0.05, 0) is 36.0 Å². The van der Waals surface area contributed by atoms with E-state index in [0.29, 0.717) is 11.5 Å². The highest BCUT2D eigenvalue weighted by molar-refractivity contribution is 7.99. The fraction of sp³-hybridized carbons (Fsp3) is 0.455. The summed E-state index contributed by atoms with van der Waals surface area (Å²) in [6, 6.07) is 3.40. The largest absolute Gasteiger partial charge is 0.352 e. The van der Waals surface area contributed by atoms with Crippen LogP contribution in [0.15, 0.2) is 18.3 Å². The predicted octanol–water partition coefficient (Wildman–Crippen LogP) is 2.22. The van der Waals surface area contributed by atoms with E-state index in [-0.39, 0.29) is 11.1 Å². The number of rotatable bonds is 3. The van der Waals surface area contributed by atoms with E-state index in [4.69, 9.17) is 11.6 Å².